The molecule has 0 aliphatic rings. The first kappa shape index (κ1) is 21.6. The molecule has 0 heterocycles. The van der Waals surface area contributed by atoms with Crippen LogP contribution in [-0.4, -0.2) is 45.7 Å². The Bertz CT molecular complexity index is 807. The summed E-state index contributed by atoms with van der Waals surface area (Å²) in [4.78, 5) is 16.2. The van der Waals surface area contributed by atoms with Gasteiger partial charge in [-0.15, -0.1) is 0 Å². The summed E-state index contributed by atoms with van der Waals surface area (Å²) < 4.78 is 5.36. The number of carbonyl (C=O) groups excluding carboxylic acids is 1. The number of methoxy groups -OCH3 is 1. The number of guanidine groups is 1. The molecule has 0 aliphatic heterocycles. The zero-order valence-corrected chi connectivity index (χ0v) is 17.3. The number of halogens is 1. The van der Waals surface area contributed by atoms with Crippen LogP contribution in [0.3, 0.4) is 0 Å². The predicted octanol–water partition coefficient (Wildman–Crippen LogP) is 2.79. The molecular weight excluding hydrogens is 376 g/mol. The molecule has 6 nitrogen and oxygen atoms in total. The summed E-state index contributed by atoms with van der Waals surface area (Å²) in [5, 5.41) is 9.91. The molecule has 28 heavy (non-hydrogen) atoms. The minimum atomic E-state index is -0.130. The first-order valence-corrected chi connectivity index (χ1v) is 9.53. The summed E-state index contributed by atoms with van der Waals surface area (Å²) in [6, 6.07) is 13.0. The fraction of sp³-hybridized carbons (Fsp3) is 0.333. The van der Waals surface area contributed by atoms with E-state index in [9.17, 15) is 4.79 Å². The molecule has 3 N–H and O–H groups in total. The highest BCUT2D eigenvalue weighted by Crippen LogP contribution is 2.18. The highest BCUT2D eigenvalue weighted by atomic mass is 35.5. The van der Waals surface area contributed by atoms with Gasteiger partial charge in [-0.2, -0.15) is 0 Å². The number of benzene rings is 2. The topological polar surface area (TPSA) is 74.8 Å². The van der Waals surface area contributed by atoms with E-state index in [1.54, 1.807) is 38.4 Å². The minimum absolute atomic E-state index is 0.130. The third kappa shape index (κ3) is 6.78. The van der Waals surface area contributed by atoms with E-state index >= 15 is 0 Å². The van der Waals surface area contributed by atoms with Gasteiger partial charge < -0.3 is 20.7 Å². The quantitative estimate of drug-likeness (QED) is 0.360. The van der Waals surface area contributed by atoms with E-state index in [0.29, 0.717) is 29.6 Å². The van der Waals surface area contributed by atoms with Crippen LogP contribution in [0.2, 0.25) is 5.02 Å². The Morgan fingerprint density at radius 1 is 1.04 bits per heavy atom. The molecule has 0 unspecified atom stereocenters. The molecule has 0 fully saturated rings. The standard InChI is InChI=1S/C21H27ClN4O2/c1-15-4-5-16(14-19(15)28-3)10-11-25-21(23-2)26-13-12-24-20(27)17-6-8-18(22)9-7-17/h4-9,14H,10-13H2,1-3H3,(H,24,27)(H2,23,25,26). The molecule has 0 aliphatic carbocycles. The number of hydrogen-bond acceptors (Lipinski definition) is 3. The fourth-order valence-corrected chi connectivity index (χ4v) is 2.75. The highest BCUT2D eigenvalue weighted by Gasteiger charge is 2.05. The van der Waals surface area contributed by atoms with Crippen LogP contribution in [0.25, 0.3) is 0 Å². The number of aryl methyl sites for hydroxylation is 1. The van der Waals surface area contributed by atoms with E-state index in [4.69, 9.17) is 16.3 Å². The summed E-state index contributed by atoms with van der Waals surface area (Å²) in [6.45, 7) is 3.82. The van der Waals surface area contributed by atoms with Crippen LogP contribution in [0.5, 0.6) is 5.75 Å². The third-order valence-corrected chi connectivity index (χ3v) is 4.46. The van der Waals surface area contributed by atoms with Crippen LogP contribution in [0, 0.1) is 6.92 Å². The first-order valence-electron chi connectivity index (χ1n) is 9.15. The molecule has 0 saturated heterocycles. The van der Waals surface area contributed by atoms with E-state index in [0.717, 1.165) is 24.3 Å². The van der Waals surface area contributed by atoms with Crippen LogP contribution < -0.4 is 20.7 Å². The SMILES string of the molecule is CN=C(NCCNC(=O)c1ccc(Cl)cc1)NCCc1ccc(C)c(OC)c1. The molecule has 0 saturated carbocycles. The predicted molar refractivity (Wildman–Crippen MR) is 115 cm³/mol. The highest BCUT2D eigenvalue weighted by molar-refractivity contribution is 6.30. The zero-order chi connectivity index (χ0) is 20.4. The van der Waals surface area contributed by atoms with E-state index in [-0.39, 0.29) is 5.91 Å². The molecule has 7 heteroatoms. The van der Waals surface area contributed by atoms with Crippen LogP contribution in [0.15, 0.2) is 47.5 Å². The molecule has 2 aromatic carbocycles. The van der Waals surface area contributed by atoms with Crippen molar-refractivity contribution in [3.63, 3.8) is 0 Å². The second kappa shape index (κ2) is 11.2. The van der Waals surface area contributed by atoms with Crippen molar-refractivity contribution in [1.82, 2.24) is 16.0 Å². The second-order valence-corrected chi connectivity index (χ2v) is 6.68. The molecule has 1 amide bonds. The Balaban J connectivity index is 1.68. The largest absolute Gasteiger partial charge is 0.496 e. The van der Waals surface area contributed by atoms with E-state index in [1.807, 2.05) is 6.92 Å². The van der Waals surface area contributed by atoms with Crippen LogP contribution >= 0.6 is 11.6 Å². The van der Waals surface area contributed by atoms with Crippen molar-refractivity contribution in [3.05, 3.63) is 64.2 Å². The molecule has 0 aromatic heterocycles. The number of ether oxygens (including phenoxy) is 1. The molecule has 0 atom stereocenters. The van der Waals surface area contributed by atoms with Crippen molar-refractivity contribution in [3.8, 4) is 5.75 Å². The Kier molecular flexibility index (Phi) is 8.62. The van der Waals surface area contributed by atoms with E-state index < -0.39 is 0 Å². The monoisotopic (exact) mass is 402 g/mol. The van der Waals surface area contributed by atoms with Gasteiger partial charge in [-0.1, -0.05) is 23.7 Å². The molecule has 150 valence electrons. The minimum Gasteiger partial charge on any atom is -0.496 e. The smallest absolute Gasteiger partial charge is 0.251 e. The number of nitrogens with zero attached hydrogens (tertiary/aromatic N) is 1. The van der Waals surface area contributed by atoms with E-state index in [2.05, 4.69) is 39.1 Å². The number of nitrogens with one attached hydrogen (secondary N) is 3. The van der Waals surface area contributed by atoms with Crippen molar-refractivity contribution in [1.29, 1.82) is 0 Å². The van der Waals surface area contributed by atoms with Crippen molar-refractivity contribution in [2.24, 2.45) is 4.99 Å². The van der Waals surface area contributed by atoms with Gasteiger partial charge in [-0.25, -0.2) is 0 Å². The molecule has 2 aromatic rings. The number of aliphatic imine (C=N–C) groups is 1. The lowest BCUT2D eigenvalue weighted by molar-refractivity contribution is 0.0954. The average Bonchev–Trinajstić information content (AvgIpc) is 2.71. The molecule has 0 radical (unpaired) electrons. The van der Waals surface area contributed by atoms with Crippen molar-refractivity contribution < 1.29 is 9.53 Å². The Morgan fingerprint density at radius 3 is 2.39 bits per heavy atom. The van der Waals surface area contributed by atoms with Gasteiger partial charge in [0.1, 0.15) is 5.75 Å². The summed E-state index contributed by atoms with van der Waals surface area (Å²) in [7, 11) is 3.40. The van der Waals surface area contributed by atoms with Crippen LogP contribution in [-0.2, 0) is 6.42 Å². The maximum absolute atomic E-state index is 12.0. The lowest BCUT2D eigenvalue weighted by Crippen LogP contribution is -2.42. The molecular formula is C21H27ClN4O2. The lowest BCUT2D eigenvalue weighted by atomic mass is 10.1. The molecule has 0 bridgehead atoms. The second-order valence-electron chi connectivity index (χ2n) is 6.24. The lowest BCUT2D eigenvalue weighted by Gasteiger charge is -2.13. The summed E-state index contributed by atoms with van der Waals surface area (Å²) >= 11 is 5.83. The maximum atomic E-state index is 12.0. The molecule has 0 spiro atoms. The Hall–Kier alpha value is -2.73. The van der Waals surface area contributed by atoms with Gasteiger partial charge in [0.2, 0.25) is 0 Å². The average molecular weight is 403 g/mol. The Labute approximate surface area is 171 Å². The van der Waals surface area contributed by atoms with Crippen LogP contribution in [0.1, 0.15) is 21.5 Å². The fourth-order valence-electron chi connectivity index (χ4n) is 2.63. The summed E-state index contributed by atoms with van der Waals surface area (Å²) in [5.74, 6) is 1.46. The van der Waals surface area contributed by atoms with Crippen molar-refractivity contribution in [2.45, 2.75) is 13.3 Å². The summed E-state index contributed by atoms with van der Waals surface area (Å²) in [5.41, 5.74) is 2.90. The van der Waals surface area contributed by atoms with Gasteiger partial charge in [0.15, 0.2) is 5.96 Å². The van der Waals surface area contributed by atoms with Gasteiger partial charge in [0.25, 0.3) is 5.91 Å². The maximum Gasteiger partial charge on any atom is 0.251 e. The number of amides is 1. The van der Waals surface area contributed by atoms with Gasteiger partial charge >= 0.3 is 0 Å². The van der Waals surface area contributed by atoms with Gasteiger partial charge in [0, 0.05) is 37.3 Å². The van der Waals surface area contributed by atoms with Gasteiger partial charge in [-0.3, -0.25) is 9.79 Å². The number of carbonyl (C=O) groups is 1. The first-order chi connectivity index (χ1) is 13.5. The number of hydrogen-bond donors (Lipinski definition) is 3. The normalized spacial score (nSPS) is 11.1. The van der Waals surface area contributed by atoms with Crippen molar-refractivity contribution in [2.75, 3.05) is 33.8 Å². The van der Waals surface area contributed by atoms with E-state index in [1.165, 1.54) is 5.56 Å². The zero-order valence-electron chi connectivity index (χ0n) is 16.5. The van der Waals surface area contributed by atoms with Crippen molar-refractivity contribution >= 4 is 23.5 Å². The Morgan fingerprint density at radius 2 is 1.71 bits per heavy atom. The van der Waals surface area contributed by atoms with Crippen LogP contribution in [0.4, 0.5) is 0 Å². The third-order valence-electron chi connectivity index (χ3n) is 4.21. The molecule has 2 rings (SSSR count). The number of rotatable bonds is 8. The summed E-state index contributed by atoms with van der Waals surface area (Å²) in [6.07, 6.45) is 0.852. The van der Waals surface area contributed by atoms with Gasteiger partial charge in [0.05, 0.1) is 7.11 Å². The van der Waals surface area contributed by atoms with Gasteiger partial charge in [-0.05, 0) is 54.8 Å².